The Bertz CT molecular complexity index is 1100. The Kier molecular flexibility index (Phi) is 5.29. The van der Waals surface area contributed by atoms with Crippen LogP contribution in [0.2, 0.25) is 5.15 Å². The van der Waals surface area contributed by atoms with Gasteiger partial charge in [-0.3, -0.25) is 9.78 Å². The van der Waals surface area contributed by atoms with Crippen molar-refractivity contribution >= 4 is 29.2 Å². The minimum atomic E-state index is -0.343. The van der Waals surface area contributed by atoms with Crippen molar-refractivity contribution < 1.29 is 9.53 Å². The van der Waals surface area contributed by atoms with Crippen LogP contribution in [0.3, 0.4) is 0 Å². The number of pyridine rings is 1. The van der Waals surface area contributed by atoms with Crippen LogP contribution in [0, 0.1) is 19.8 Å². The van der Waals surface area contributed by atoms with Gasteiger partial charge in [-0.05, 0) is 13.8 Å². The van der Waals surface area contributed by atoms with Crippen molar-refractivity contribution in [1.29, 1.82) is 0 Å². The lowest BCUT2D eigenvalue weighted by atomic mass is 9.93. The summed E-state index contributed by atoms with van der Waals surface area (Å²) in [6.45, 7) is 5.25. The van der Waals surface area contributed by atoms with Crippen molar-refractivity contribution in [3.63, 3.8) is 0 Å². The third-order valence-corrected chi connectivity index (χ3v) is 5.57. The Balaban J connectivity index is 1.75. The van der Waals surface area contributed by atoms with E-state index < -0.39 is 0 Å². The van der Waals surface area contributed by atoms with Gasteiger partial charge in [-0.1, -0.05) is 11.6 Å². The van der Waals surface area contributed by atoms with Crippen LogP contribution in [0.5, 0.6) is 5.75 Å². The zero-order chi connectivity index (χ0) is 21.4. The zero-order valence-corrected chi connectivity index (χ0v) is 17.7. The Labute approximate surface area is 178 Å². The maximum absolute atomic E-state index is 13.2. The molecule has 0 aliphatic carbocycles. The zero-order valence-electron chi connectivity index (χ0n) is 17.0. The van der Waals surface area contributed by atoms with Crippen LogP contribution in [0.25, 0.3) is 0 Å². The lowest BCUT2D eigenvalue weighted by molar-refractivity contribution is 0.0901. The number of ketones is 1. The number of halogens is 1. The molecule has 3 aromatic heterocycles. The predicted octanol–water partition coefficient (Wildman–Crippen LogP) is 2.45. The smallest absolute Gasteiger partial charge is 0.223 e. The van der Waals surface area contributed by atoms with Crippen molar-refractivity contribution in [2.75, 3.05) is 24.3 Å². The molecule has 3 aromatic rings. The summed E-state index contributed by atoms with van der Waals surface area (Å²) >= 11 is 6.32. The van der Waals surface area contributed by atoms with E-state index in [4.69, 9.17) is 22.1 Å². The summed E-state index contributed by atoms with van der Waals surface area (Å²) in [6, 6.07) is 0. The topological polar surface area (TPSA) is 112 Å². The molecule has 0 saturated carbocycles. The van der Waals surface area contributed by atoms with E-state index in [0.29, 0.717) is 31.0 Å². The van der Waals surface area contributed by atoms with Gasteiger partial charge >= 0.3 is 0 Å². The summed E-state index contributed by atoms with van der Waals surface area (Å²) in [4.78, 5) is 32.1. The van der Waals surface area contributed by atoms with Crippen LogP contribution < -0.4 is 15.4 Å². The minimum absolute atomic E-state index is 0.0239. The number of aromatic nitrogens is 5. The Morgan fingerprint density at radius 1 is 1.33 bits per heavy atom. The van der Waals surface area contributed by atoms with E-state index in [1.54, 1.807) is 25.8 Å². The van der Waals surface area contributed by atoms with Crippen molar-refractivity contribution in [1.82, 2.24) is 24.5 Å². The molecule has 1 unspecified atom stereocenters. The first-order valence-corrected chi connectivity index (χ1v) is 9.83. The monoisotopic (exact) mass is 427 g/mol. The lowest BCUT2D eigenvalue weighted by Gasteiger charge is -2.34. The SMILES string of the molecule is COc1c(C)cnc(CN2CC(Cn3ccnc3)C(=O)c3c(Cl)nc(N)nc32)c1C. The number of Topliss-reactive ketones (excluding diaryl/α,β-unsaturated/α-hetero) is 1. The molecule has 30 heavy (non-hydrogen) atoms. The average molecular weight is 428 g/mol. The molecule has 0 spiro atoms. The van der Waals surface area contributed by atoms with E-state index in [0.717, 1.165) is 22.6 Å². The fourth-order valence-corrected chi connectivity index (χ4v) is 4.12. The fourth-order valence-electron chi connectivity index (χ4n) is 3.86. The van der Waals surface area contributed by atoms with Crippen molar-refractivity contribution in [3.05, 3.63) is 52.5 Å². The molecule has 1 aliphatic heterocycles. The molecule has 0 aromatic carbocycles. The highest BCUT2D eigenvalue weighted by Gasteiger charge is 2.36. The van der Waals surface area contributed by atoms with E-state index in [9.17, 15) is 4.79 Å². The summed E-state index contributed by atoms with van der Waals surface area (Å²) < 4.78 is 7.40. The standard InChI is InChI=1S/C20H22ClN7O2/c1-11-6-24-14(12(2)17(11)30-3)9-28-8-13(7-27-5-4-23-10-27)16(29)15-18(21)25-20(22)26-19(15)28/h4-6,10,13H,7-9H2,1-3H3,(H2,22,25,26). The Morgan fingerprint density at radius 2 is 2.13 bits per heavy atom. The molecule has 0 amide bonds. The van der Waals surface area contributed by atoms with Crippen LogP contribution in [0.4, 0.5) is 11.8 Å². The first kappa shape index (κ1) is 20.1. The minimum Gasteiger partial charge on any atom is -0.496 e. The molecular formula is C20H22ClN7O2. The second-order valence-corrected chi connectivity index (χ2v) is 7.68. The van der Waals surface area contributed by atoms with E-state index in [1.165, 1.54) is 0 Å². The highest BCUT2D eigenvalue weighted by molar-refractivity contribution is 6.34. The highest BCUT2D eigenvalue weighted by atomic mass is 35.5. The van der Waals surface area contributed by atoms with Crippen molar-refractivity contribution in [2.24, 2.45) is 5.92 Å². The molecule has 0 saturated heterocycles. The largest absolute Gasteiger partial charge is 0.496 e. The molecular weight excluding hydrogens is 406 g/mol. The Hall–Kier alpha value is -3.20. The molecule has 156 valence electrons. The van der Waals surface area contributed by atoms with Crippen LogP contribution in [0.1, 0.15) is 27.2 Å². The normalized spacial score (nSPS) is 15.9. The Morgan fingerprint density at radius 3 is 2.83 bits per heavy atom. The van der Waals surface area contributed by atoms with Crippen LogP contribution in [0.15, 0.2) is 24.9 Å². The van der Waals surface area contributed by atoms with E-state index in [1.807, 2.05) is 29.5 Å². The van der Waals surface area contributed by atoms with Crippen LogP contribution in [-0.2, 0) is 13.1 Å². The molecule has 0 radical (unpaired) electrons. The van der Waals surface area contributed by atoms with E-state index in [2.05, 4.69) is 19.9 Å². The molecule has 1 atom stereocenters. The highest BCUT2D eigenvalue weighted by Crippen LogP contribution is 2.35. The molecule has 2 N–H and O–H groups in total. The predicted molar refractivity (Wildman–Crippen MR) is 113 cm³/mol. The van der Waals surface area contributed by atoms with E-state index >= 15 is 0 Å². The van der Waals surface area contributed by atoms with Gasteiger partial charge in [-0.2, -0.15) is 4.98 Å². The van der Waals surface area contributed by atoms with Gasteiger partial charge in [0, 0.05) is 42.8 Å². The van der Waals surface area contributed by atoms with Crippen molar-refractivity contribution in [2.45, 2.75) is 26.9 Å². The number of hydrogen-bond donors (Lipinski definition) is 1. The summed E-state index contributed by atoms with van der Waals surface area (Å²) in [5, 5.41) is 0.0639. The number of nitrogens with zero attached hydrogens (tertiary/aromatic N) is 6. The number of ether oxygens (including phenoxy) is 1. The number of rotatable bonds is 5. The lowest BCUT2D eigenvalue weighted by Crippen LogP contribution is -2.42. The number of hydrogen-bond acceptors (Lipinski definition) is 8. The third kappa shape index (κ3) is 3.56. The summed E-state index contributed by atoms with van der Waals surface area (Å²) in [5.41, 5.74) is 8.85. The van der Waals surface area contributed by atoms with Gasteiger partial charge in [0.1, 0.15) is 16.7 Å². The summed E-state index contributed by atoms with van der Waals surface area (Å²) in [7, 11) is 1.64. The van der Waals surface area contributed by atoms with E-state index in [-0.39, 0.29) is 22.8 Å². The second-order valence-electron chi connectivity index (χ2n) is 7.32. The van der Waals surface area contributed by atoms with Gasteiger partial charge in [0.2, 0.25) is 5.95 Å². The first-order valence-electron chi connectivity index (χ1n) is 9.46. The second kappa shape index (κ2) is 7.91. The molecule has 0 fully saturated rings. The number of fused-ring (bicyclic) bond motifs is 1. The molecule has 9 nitrogen and oxygen atoms in total. The van der Waals surface area contributed by atoms with Gasteiger partial charge < -0.3 is 19.9 Å². The molecule has 4 rings (SSSR count). The maximum Gasteiger partial charge on any atom is 0.223 e. The van der Waals surface area contributed by atoms with Crippen LogP contribution in [-0.4, -0.2) is 43.9 Å². The number of nitrogens with two attached hydrogens (primary N) is 1. The number of aryl methyl sites for hydroxylation is 1. The summed E-state index contributed by atoms with van der Waals surface area (Å²) in [5.74, 6) is 0.801. The fraction of sp³-hybridized carbons (Fsp3) is 0.350. The van der Waals surface area contributed by atoms with Crippen molar-refractivity contribution in [3.8, 4) is 5.75 Å². The average Bonchev–Trinajstić information content (AvgIpc) is 3.20. The number of anilines is 2. The third-order valence-electron chi connectivity index (χ3n) is 5.30. The molecule has 0 bridgehead atoms. The summed E-state index contributed by atoms with van der Waals surface area (Å²) in [6.07, 6.45) is 6.97. The maximum atomic E-state index is 13.2. The number of carbonyl (C=O) groups is 1. The van der Waals surface area contributed by atoms with Gasteiger partial charge in [0.05, 0.1) is 37.2 Å². The quantitative estimate of drug-likeness (QED) is 0.618. The van der Waals surface area contributed by atoms with Crippen LogP contribution >= 0.6 is 11.6 Å². The molecule has 10 heteroatoms. The number of methoxy groups -OCH3 is 1. The number of imidazole rings is 1. The molecule has 1 aliphatic rings. The van der Waals surface area contributed by atoms with Gasteiger partial charge in [0.25, 0.3) is 0 Å². The first-order chi connectivity index (χ1) is 14.4. The van der Waals surface area contributed by atoms with Gasteiger partial charge in [0.15, 0.2) is 5.78 Å². The van der Waals surface area contributed by atoms with Gasteiger partial charge in [-0.25, -0.2) is 9.97 Å². The number of nitrogen functional groups attached to an aromatic ring is 1. The molecule has 4 heterocycles. The number of carbonyl (C=O) groups excluding carboxylic acids is 1. The van der Waals surface area contributed by atoms with Gasteiger partial charge in [-0.15, -0.1) is 0 Å².